The van der Waals surface area contributed by atoms with E-state index in [-0.39, 0.29) is 70.7 Å². The fourth-order valence-corrected chi connectivity index (χ4v) is 10.3. The van der Waals surface area contributed by atoms with Crippen molar-refractivity contribution >= 4 is 27.5 Å². The number of phenols is 1. The molecule has 1 aromatic heterocycles. The predicted octanol–water partition coefficient (Wildman–Crippen LogP) is 7.23. The number of benzene rings is 3. The highest BCUT2D eigenvalue weighted by Gasteiger charge is 2.54. The van der Waals surface area contributed by atoms with Crippen molar-refractivity contribution < 1.29 is 32.1 Å². The summed E-state index contributed by atoms with van der Waals surface area (Å²) in [5.74, 6) is 2.54. The van der Waals surface area contributed by atoms with E-state index in [1.54, 1.807) is 0 Å². The number of ether oxygens (including phenoxy) is 2. The number of phenolic OH excluding ortho intramolecular Hbond substituents is 1. The molecule has 8 nitrogen and oxygen atoms in total. The highest BCUT2D eigenvalue weighted by atomic mass is 19.3. The van der Waals surface area contributed by atoms with Crippen molar-refractivity contribution in [2.45, 2.75) is 74.9 Å². The topological polar surface area (TPSA) is 83.0 Å². The van der Waals surface area contributed by atoms with Gasteiger partial charge in [-0.2, -0.15) is 18.7 Å². The molecule has 12 heteroatoms. The number of fused-ring (bicyclic) bond motifs is 7. The summed E-state index contributed by atoms with van der Waals surface area (Å²) in [5, 5.41) is 16.0. The molecule has 53 heavy (non-hydrogen) atoms. The summed E-state index contributed by atoms with van der Waals surface area (Å²) in [4.78, 5) is 14.1. The fraction of sp³-hybridized carbons (Fsp3) is 0.463. The van der Waals surface area contributed by atoms with Crippen LogP contribution in [0.4, 0.5) is 23.4 Å². The van der Waals surface area contributed by atoms with Crippen LogP contribution in [0.3, 0.4) is 0 Å². The number of terminal acetylenes is 1. The Balaban J connectivity index is 1.19. The largest absolute Gasteiger partial charge is 0.508 e. The van der Waals surface area contributed by atoms with Gasteiger partial charge in [0.05, 0.1) is 23.1 Å². The monoisotopic (exact) mass is 725 g/mol. The normalized spacial score (nSPS) is 26.5. The van der Waals surface area contributed by atoms with Crippen molar-refractivity contribution in [3.8, 4) is 41.0 Å². The van der Waals surface area contributed by atoms with Crippen LogP contribution >= 0.6 is 0 Å². The van der Waals surface area contributed by atoms with Gasteiger partial charge in [-0.3, -0.25) is 4.90 Å². The van der Waals surface area contributed by atoms with E-state index in [0.29, 0.717) is 84.7 Å². The quantitative estimate of drug-likeness (QED) is 0.159. The summed E-state index contributed by atoms with van der Waals surface area (Å²) >= 11 is 0. The summed E-state index contributed by atoms with van der Waals surface area (Å²) in [7, 11) is 0. The van der Waals surface area contributed by atoms with Gasteiger partial charge in [-0.15, -0.1) is 6.42 Å². The van der Waals surface area contributed by atoms with Crippen LogP contribution < -0.4 is 19.7 Å². The van der Waals surface area contributed by atoms with Gasteiger partial charge in [-0.1, -0.05) is 12.0 Å². The third-order valence-electron chi connectivity index (χ3n) is 12.8. The number of hydrogen-bond donors (Lipinski definition) is 2. The van der Waals surface area contributed by atoms with Crippen molar-refractivity contribution in [1.29, 1.82) is 0 Å². The Morgan fingerprint density at radius 2 is 1.98 bits per heavy atom. The van der Waals surface area contributed by atoms with Crippen molar-refractivity contribution in [1.82, 2.24) is 20.2 Å². The van der Waals surface area contributed by atoms with Crippen LogP contribution in [0.5, 0.6) is 17.5 Å². The van der Waals surface area contributed by atoms with E-state index in [1.807, 2.05) is 0 Å². The molecule has 1 aliphatic carbocycles. The number of aromatic hydroxyl groups is 1. The maximum atomic E-state index is 17.8. The molecule has 5 fully saturated rings. The molecule has 0 radical (unpaired) electrons. The second kappa shape index (κ2) is 12.0. The maximum Gasteiger partial charge on any atom is 0.319 e. The summed E-state index contributed by atoms with van der Waals surface area (Å²) in [6.45, 7) is 2.69. The van der Waals surface area contributed by atoms with E-state index in [2.05, 4.69) is 21.0 Å². The van der Waals surface area contributed by atoms with Crippen molar-refractivity contribution in [2.24, 2.45) is 5.92 Å². The predicted molar refractivity (Wildman–Crippen MR) is 193 cm³/mol. The van der Waals surface area contributed by atoms with Gasteiger partial charge in [0.2, 0.25) is 0 Å². The van der Waals surface area contributed by atoms with E-state index >= 15 is 8.78 Å². The first-order valence-corrected chi connectivity index (χ1v) is 18.7. The minimum absolute atomic E-state index is 0.0234. The van der Waals surface area contributed by atoms with Crippen molar-refractivity contribution in [3.05, 3.63) is 58.7 Å². The Hall–Kier alpha value is -4.60. The number of rotatable bonds is 6. The maximum absolute atomic E-state index is 17.8. The van der Waals surface area contributed by atoms with Crippen LogP contribution in [0.1, 0.15) is 62.5 Å². The molecule has 0 unspecified atom stereocenters. The van der Waals surface area contributed by atoms with Crippen LogP contribution in [-0.4, -0.2) is 76.5 Å². The first-order valence-electron chi connectivity index (χ1n) is 18.7. The van der Waals surface area contributed by atoms with Crippen molar-refractivity contribution in [2.75, 3.05) is 44.3 Å². The number of anilines is 1. The average Bonchev–Trinajstić information content (AvgIpc) is 3.76. The van der Waals surface area contributed by atoms with E-state index in [9.17, 15) is 13.9 Å². The van der Waals surface area contributed by atoms with Crippen LogP contribution in [0.25, 0.3) is 32.8 Å². The number of piperazine rings is 1. The number of nitrogens with one attached hydrogen (secondary N) is 1. The smallest absolute Gasteiger partial charge is 0.319 e. The summed E-state index contributed by atoms with van der Waals surface area (Å²) in [6.07, 6.45) is 11.4. The van der Waals surface area contributed by atoms with Gasteiger partial charge in [0.1, 0.15) is 35.3 Å². The van der Waals surface area contributed by atoms with Crippen LogP contribution in [0.2, 0.25) is 0 Å². The number of aromatic nitrogens is 2. The second-order valence-electron chi connectivity index (χ2n) is 15.9. The molecular formula is C41H39F4N5O3. The third-order valence-corrected chi connectivity index (χ3v) is 12.8. The standard InChI is InChI=1S/C41H39F4N5O3/c1-2-27-30(42)9-6-22-15-26(51)16-29(31(22)27)32-28-5-3-14-52-36(28)33-35(34(32)43)46-39(53-21-40-11-4-13-50(40)18-23(17-40)37(44)45)47-38(33)49-19-25-10-12-41(20-49,48-25)24-7-8-24/h1,6,9,15-16,24-25,48,51H,3-5,7-8,10-14,17-21H2/t25-,40-,41+/m0/s1. The van der Waals surface area contributed by atoms with Gasteiger partial charge in [0, 0.05) is 53.3 Å². The average molecular weight is 726 g/mol. The SMILES string of the molecule is C#Cc1c(F)ccc2cc(O)cc(-c3c4c(c5c(N6C[C@@H]7CC[C@](C8CC8)(C6)N7)nc(OC[C@@]67CCCN6CC(=C(F)F)C7)nc5c3F)OCCC4)c12. The summed E-state index contributed by atoms with van der Waals surface area (Å²) in [5.41, 5.74) is 0.317. The first-order chi connectivity index (χ1) is 25.7. The molecule has 0 spiro atoms. The van der Waals surface area contributed by atoms with Gasteiger partial charge in [0.15, 0.2) is 5.82 Å². The molecule has 5 aliphatic heterocycles. The van der Waals surface area contributed by atoms with E-state index in [0.717, 1.165) is 32.1 Å². The van der Waals surface area contributed by atoms with Gasteiger partial charge in [-0.05, 0) is 99.4 Å². The molecule has 2 bridgehead atoms. The molecule has 4 aromatic rings. The fourth-order valence-electron chi connectivity index (χ4n) is 10.3. The minimum Gasteiger partial charge on any atom is -0.508 e. The van der Waals surface area contributed by atoms with E-state index in [1.165, 1.54) is 24.3 Å². The molecule has 3 atom stereocenters. The lowest BCUT2D eigenvalue weighted by Crippen LogP contribution is -2.61. The molecular weight excluding hydrogens is 686 g/mol. The zero-order chi connectivity index (χ0) is 36.2. The number of halogens is 4. The van der Waals surface area contributed by atoms with Crippen LogP contribution in [0, 0.1) is 29.9 Å². The Morgan fingerprint density at radius 1 is 1.11 bits per heavy atom. The molecule has 4 saturated heterocycles. The molecule has 10 rings (SSSR count). The van der Waals surface area contributed by atoms with Crippen molar-refractivity contribution in [3.63, 3.8) is 0 Å². The molecule has 3 aromatic carbocycles. The molecule has 0 amide bonds. The Bertz CT molecular complexity index is 2300. The Morgan fingerprint density at radius 3 is 2.79 bits per heavy atom. The molecule has 274 valence electrons. The van der Waals surface area contributed by atoms with E-state index < -0.39 is 23.3 Å². The number of nitrogens with zero attached hydrogens (tertiary/aromatic N) is 4. The van der Waals surface area contributed by atoms with Gasteiger partial charge in [0.25, 0.3) is 6.08 Å². The third kappa shape index (κ3) is 5.10. The second-order valence-corrected chi connectivity index (χ2v) is 15.9. The Kier molecular flexibility index (Phi) is 7.44. The van der Waals surface area contributed by atoms with Gasteiger partial charge in [-0.25, -0.2) is 8.78 Å². The number of hydrogen-bond acceptors (Lipinski definition) is 8. The molecule has 1 saturated carbocycles. The Labute approximate surface area is 304 Å². The molecule has 6 heterocycles. The van der Waals surface area contributed by atoms with Gasteiger partial charge >= 0.3 is 6.01 Å². The van der Waals surface area contributed by atoms with Crippen LogP contribution in [-0.2, 0) is 6.42 Å². The minimum atomic E-state index is -1.65. The van der Waals surface area contributed by atoms with Gasteiger partial charge < -0.3 is 24.8 Å². The lowest BCUT2D eigenvalue weighted by molar-refractivity contribution is 0.108. The lowest BCUT2D eigenvalue weighted by atomic mass is 9.87. The lowest BCUT2D eigenvalue weighted by Gasteiger charge is -2.43. The molecule has 2 N–H and O–H groups in total. The summed E-state index contributed by atoms with van der Waals surface area (Å²) < 4.78 is 73.5. The van der Waals surface area contributed by atoms with Crippen LogP contribution in [0.15, 0.2) is 35.9 Å². The zero-order valence-corrected chi connectivity index (χ0v) is 29.2. The first kappa shape index (κ1) is 33.0. The summed E-state index contributed by atoms with van der Waals surface area (Å²) in [6, 6.07) is 5.84. The highest BCUT2D eigenvalue weighted by Crippen LogP contribution is 2.52. The zero-order valence-electron chi connectivity index (χ0n) is 29.2. The highest BCUT2D eigenvalue weighted by molar-refractivity contribution is 6.07. The molecule has 6 aliphatic rings. The van der Waals surface area contributed by atoms with E-state index in [4.69, 9.17) is 25.9 Å².